The highest BCUT2D eigenvalue weighted by Gasteiger charge is 2.23. The molecule has 1 aliphatic carbocycles. The Balaban J connectivity index is 2.13. The first kappa shape index (κ1) is 10.2. The monoisotopic (exact) mass is 208 g/mol. The highest BCUT2D eigenvalue weighted by molar-refractivity contribution is 5.35. The molecule has 0 bridgehead atoms. The molecule has 1 saturated carbocycles. The first-order valence-corrected chi connectivity index (χ1v) is 5.25. The second-order valence-corrected chi connectivity index (χ2v) is 4.06. The second-order valence-electron chi connectivity index (χ2n) is 4.06. The summed E-state index contributed by atoms with van der Waals surface area (Å²) in [5, 5.41) is 3.22. The average Bonchev–Trinajstić information content (AvgIpc) is 2.50. The lowest BCUT2D eigenvalue weighted by molar-refractivity contribution is 0.635. The predicted octanol–water partition coefficient (Wildman–Crippen LogP) is 0.370. The van der Waals surface area contributed by atoms with Crippen LogP contribution >= 0.6 is 0 Å². The maximum absolute atomic E-state index is 11.2. The molecule has 5 heteroatoms. The Morgan fingerprint density at radius 1 is 1.60 bits per heavy atom. The van der Waals surface area contributed by atoms with Crippen LogP contribution in [0.3, 0.4) is 0 Å². The first-order valence-electron chi connectivity index (χ1n) is 5.25. The minimum atomic E-state index is -0.128. The Labute approximate surface area is 88.1 Å². The van der Waals surface area contributed by atoms with E-state index in [1.54, 1.807) is 6.92 Å². The van der Waals surface area contributed by atoms with Gasteiger partial charge in [0.2, 0.25) is 0 Å². The number of aromatic amines is 1. The van der Waals surface area contributed by atoms with E-state index in [0.717, 1.165) is 19.3 Å². The van der Waals surface area contributed by atoms with E-state index in [2.05, 4.69) is 15.3 Å². The fourth-order valence-corrected chi connectivity index (χ4v) is 2.01. The van der Waals surface area contributed by atoms with Crippen LogP contribution in [0.4, 0.5) is 5.82 Å². The maximum Gasteiger partial charge on any atom is 0.252 e. The number of nitrogens with zero attached hydrogens (tertiary/aromatic N) is 1. The van der Waals surface area contributed by atoms with E-state index in [4.69, 9.17) is 5.73 Å². The molecule has 4 N–H and O–H groups in total. The standard InChI is InChI=1S/C10H16N4O/c1-6-12-9(5-10(15)13-6)14-8-4-2-3-7(8)11/h5,7-8H,2-4,11H2,1H3,(H2,12,13,14,15). The van der Waals surface area contributed by atoms with Crippen molar-refractivity contribution in [1.82, 2.24) is 9.97 Å². The van der Waals surface area contributed by atoms with E-state index in [9.17, 15) is 4.79 Å². The Morgan fingerprint density at radius 2 is 2.40 bits per heavy atom. The number of hydrogen-bond acceptors (Lipinski definition) is 4. The number of hydrogen-bond donors (Lipinski definition) is 3. The number of rotatable bonds is 2. The van der Waals surface area contributed by atoms with E-state index < -0.39 is 0 Å². The predicted molar refractivity (Wildman–Crippen MR) is 58.8 cm³/mol. The molecule has 0 saturated heterocycles. The van der Waals surface area contributed by atoms with E-state index >= 15 is 0 Å². The van der Waals surface area contributed by atoms with Crippen molar-refractivity contribution in [3.8, 4) is 0 Å². The summed E-state index contributed by atoms with van der Waals surface area (Å²) < 4.78 is 0. The Kier molecular flexibility index (Phi) is 2.73. The lowest BCUT2D eigenvalue weighted by Crippen LogP contribution is -2.35. The number of aromatic nitrogens is 2. The van der Waals surface area contributed by atoms with Gasteiger partial charge in [-0.3, -0.25) is 4.79 Å². The first-order chi connectivity index (χ1) is 7.15. The van der Waals surface area contributed by atoms with Crippen molar-refractivity contribution in [2.75, 3.05) is 5.32 Å². The van der Waals surface area contributed by atoms with Crippen molar-refractivity contribution >= 4 is 5.82 Å². The Morgan fingerprint density at radius 3 is 3.00 bits per heavy atom. The van der Waals surface area contributed by atoms with E-state index in [-0.39, 0.29) is 17.6 Å². The molecule has 5 nitrogen and oxygen atoms in total. The molecule has 15 heavy (non-hydrogen) atoms. The number of nitrogens with two attached hydrogens (primary N) is 1. The number of nitrogens with one attached hydrogen (secondary N) is 2. The van der Waals surface area contributed by atoms with E-state index in [0.29, 0.717) is 11.6 Å². The SMILES string of the molecule is Cc1nc(NC2CCCC2N)cc(=O)[nH]1. The van der Waals surface area contributed by atoms with Gasteiger partial charge < -0.3 is 16.0 Å². The fourth-order valence-electron chi connectivity index (χ4n) is 2.01. The third-order valence-electron chi connectivity index (χ3n) is 2.76. The average molecular weight is 208 g/mol. The summed E-state index contributed by atoms with van der Waals surface area (Å²) in [5.41, 5.74) is 5.80. The summed E-state index contributed by atoms with van der Waals surface area (Å²) in [5.74, 6) is 1.25. The topological polar surface area (TPSA) is 83.8 Å². The molecule has 2 unspecified atom stereocenters. The van der Waals surface area contributed by atoms with Gasteiger partial charge >= 0.3 is 0 Å². The summed E-state index contributed by atoms with van der Waals surface area (Å²) in [6, 6.07) is 1.89. The van der Waals surface area contributed by atoms with Gasteiger partial charge in [0.25, 0.3) is 5.56 Å². The molecule has 82 valence electrons. The van der Waals surface area contributed by atoms with Crippen molar-refractivity contribution < 1.29 is 0 Å². The second kappa shape index (κ2) is 4.02. The van der Waals surface area contributed by atoms with Crippen molar-refractivity contribution in [3.05, 3.63) is 22.2 Å². The van der Waals surface area contributed by atoms with E-state index in [1.807, 2.05) is 0 Å². The lowest BCUT2D eigenvalue weighted by Gasteiger charge is -2.17. The van der Waals surface area contributed by atoms with Crippen LogP contribution < -0.4 is 16.6 Å². The Bertz CT molecular complexity index is 401. The molecular formula is C10H16N4O. The zero-order valence-electron chi connectivity index (χ0n) is 8.79. The third kappa shape index (κ3) is 2.36. The van der Waals surface area contributed by atoms with Crippen LogP contribution in [-0.4, -0.2) is 22.1 Å². The zero-order valence-corrected chi connectivity index (χ0v) is 8.79. The number of aryl methyl sites for hydroxylation is 1. The zero-order chi connectivity index (χ0) is 10.8. The van der Waals surface area contributed by atoms with Crippen molar-refractivity contribution in [3.63, 3.8) is 0 Å². The molecular weight excluding hydrogens is 192 g/mol. The van der Waals surface area contributed by atoms with Gasteiger partial charge in [0.1, 0.15) is 11.6 Å². The molecule has 0 aliphatic heterocycles. The molecule has 2 atom stereocenters. The number of H-pyrrole nitrogens is 1. The molecule has 0 radical (unpaired) electrons. The van der Waals surface area contributed by atoms with Crippen molar-refractivity contribution in [2.24, 2.45) is 5.73 Å². The largest absolute Gasteiger partial charge is 0.366 e. The fraction of sp³-hybridized carbons (Fsp3) is 0.600. The summed E-state index contributed by atoms with van der Waals surface area (Å²) in [6.45, 7) is 1.77. The Hall–Kier alpha value is -1.36. The molecule has 1 aliphatic rings. The summed E-state index contributed by atoms with van der Waals surface area (Å²) in [7, 11) is 0. The molecule has 0 spiro atoms. The smallest absolute Gasteiger partial charge is 0.252 e. The highest BCUT2D eigenvalue weighted by atomic mass is 16.1. The van der Waals surface area contributed by atoms with E-state index in [1.165, 1.54) is 6.07 Å². The van der Waals surface area contributed by atoms with Crippen molar-refractivity contribution in [1.29, 1.82) is 0 Å². The van der Waals surface area contributed by atoms with Gasteiger partial charge in [-0.15, -0.1) is 0 Å². The molecule has 2 rings (SSSR count). The van der Waals surface area contributed by atoms with Crippen LogP contribution in [0.25, 0.3) is 0 Å². The molecule has 0 aromatic carbocycles. The molecule has 0 amide bonds. The van der Waals surface area contributed by atoms with Crippen LogP contribution in [0.5, 0.6) is 0 Å². The minimum Gasteiger partial charge on any atom is -0.366 e. The highest BCUT2D eigenvalue weighted by Crippen LogP contribution is 2.20. The maximum atomic E-state index is 11.2. The van der Waals surface area contributed by atoms with Gasteiger partial charge in [-0.2, -0.15) is 0 Å². The van der Waals surface area contributed by atoms with Crippen LogP contribution in [-0.2, 0) is 0 Å². The molecule has 1 heterocycles. The number of anilines is 1. The summed E-state index contributed by atoms with van der Waals surface area (Å²) in [6.07, 6.45) is 3.23. The summed E-state index contributed by atoms with van der Waals surface area (Å²) in [4.78, 5) is 18.0. The molecule has 1 fully saturated rings. The van der Waals surface area contributed by atoms with Crippen LogP contribution in [0, 0.1) is 6.92 Å². The molecule has 1 aromatic rings. The van der Waals surface area contributed by atoms with Crippen molar-refractivity contribution in [2.45, 2.75) is 38.3 Å². The van der Waals surface area contributed by atoms with Crippen LogP contribution in [0.2, 0.25) is 0 Å². The lowest BCUT2D eigenvalue weighted by atomic mass is 10.2. The van der Waals surface area contributed by atoms with Crippen LogP contribution in [0.15, 0.2) is 10.9 Å². The van der Waals surface area contributed by atoms with Gasteiger partial charge in [-0.25, -0.2) is 4.98 Å². The van der Waals surface area contributed by atoms with Crippen LogP contribution in [0.1, 0.15) is 25.1 Å². The summed E-state index contributed by atoms with van der Waals surface area (Å²) >= 11 is 0. The van der Waals surface area contributed by atoms with Gasteiger partial charge in [0.15, 0.2) is 0 Å². The molecule has 1 aromatic heterocycles. The van der Waals surface area contributed by atoms with Gasteiger partial charge in [0, 0.05) is 18.2 Å². The van der Waals surface area contributed by atoms with Gasteiger partial charge in [0.05, 0.1) is 0 Å². The normalized spacial score (nSPS) is 25.5. The third-order valence-corrected chi connectivity index (χ3v) is 2.76. The minimum absolute atomic E-state index is 0.128. The quantitative estimate of drug-likeness (QED) is 0.655. The van der Waals surface area contributed by atoms with Gasteiger partial charge in [-0.1, -0.05) is 0 Å². The van der Waals surface area contributed by atoms with Gasteiger partial charge in [-0.05, 0) is 26.2 Å².